The van der Waals surface area contributed by atoms with Gasteiger partial charge in [-0.25, -0.2) is 0 Å². The molecule has 9 rings (SSSR count). The van der Waals surface area contributed by atoms with Gasteiger partial charge in [-0.3, -0.25) is 33.6 Å². The molecule has 0 saturated carbocycles. The monoisotopic (exact) mass is 1310 g/mol. The number of β-amino-alcohol motifs (C(OH)–C–C–N with tert-alkyl or cyclic N) is 1. The summed E-state index contributed by atoms with van der Waals surface area (Å²) in [5.74, 6) is -8.56. The number of phenolic OH excluding ortho intramolecular Hbond substituents is 1. The van der Waals surface area contributed by atoms with Crippen LogP contribution in [0.4, 0.5) is 5.69 Å². The van der Waals surface area contributed by atoms with E-state index in [-0.39, 0.29) is 67.5 Å². The largest absolute Gasteiger partial charge is 0.504 e. The van der Waals surface area contributed by atoms with Crippen molar-refractivity contribution in [2.24, 2.45) is 17.4 Å². The Balaban J connectivity index is 0.948. The van der Waals surface area contributed by atoms with Gasteiger partial charge in [-0.1, -0.05) is 48.6 Å². The predicted molar refractivity (Wildman–Crippen MR) is 340 cm³/mol. The lowest BCUT2D eigenvalue weighted by Gasteiger charge is -2.35. The molecular formula is C64H86N12O16S. The molecule has 0 spiro atoms. The summed E-state index contributed by atoms with van der Waals surface area (Å²) in [4.78, 5) is 106. The summed E-state index contributed by atoms with van der Waals surface area (Å²) in [6, 6.07) is 7.48. The number of nitrogens with zero attached hydrogens (tertiary/aromatic N) is 5. The Labute approximate surface area is 542 Å². The molecule has 1 aliphatic carbocycles. The summed E-state index contributed by atoms with van der Waals surface area (Å²) in [5.41, 5.74) is 14.3. The molecule has 4 fully saturated rings. The van der Waals surface area contributed by atoms with E-state index in [0.29, 0.717) is 22.0 Å². The Morgan fingerprint density at radius 3 is 2.09 bits per heavy atom. The number of rotatable bonds is 18. The number of amides is 7. The van der Waals surface area contributed by atoms with E-state index >= 15 is 0 Å². The highest BCUT2D eigenvalue weighted by atomic mass is 32.1. The third-order valence-electron chi connectivity index (χ3n) is 17.6. The van der Waals surface area contributed by atoms with Gasteiger partial charge in [0.05, 0.1) is 55.4 Å². The van der Waals surface area contributed by atoms with E-state index in [1.807, 2.05) is 12.1 Å². The number of aliphatic hydroxyl groups excluding tert-OH is 6. The Morgan fingerprint density at radius 2 is 1.43 bits per heavy atom. The molecular weight excluding hydrogens is 1220 g/mol. The van der Waals surface area contributed by atoms with Gasteiger partial charge in [0.25, 0.3) is 5.91 Å². The van der Waals surface area contributed by atoms with Crippen molar-refractivity contribution in [2.75, 3.05) is 57.3 Å². The van der Waals surface area contributed by atoms with E-state index in [0.717, 1.165) is 73.2 Å². The van der Waals surface area contributed by atoms with Gasteiger partial charge in [-0.15, -0.1) is 10.2 Å². The number of ether oxygens (including phenoxy) is 2. The van der Waals surface area contributed by atoms with Crippen LogP contribution < -0.4 is 47.7 Å². The normalized spacial score (nSPS) is 27.4. The van der Waals surface area contributed by atoms with Crippen molar-refractivity contribution < 1.29 is 78.8 Å². The van der Waals surface area contributed by atoms with Gasteiger partial charge in [0.2, 0.25) is 35.4 Å². The van der Waals surface area contributed by atoms with Crippen LogP contribution in [0.3, 0.4) is 0 Å². The highest BCUT2D eigenvalue weighted by molar-refractivity contribution is 7.17. The Bertz CT molecular complexity index is 3280. The first-order valence-electron chi connectivity index (χ1n) is 31.8. The minimum atomic E-state index is -2.04. The van der Waals surface area contributed by atoms with Gasteiger partial charge in [-0.05, 0) is 119 Å². The highest BCUT2D eigenvalue weighted by Crippen LogP contribution is 2.34. The van der Waals surface area contributed by atoms with Crippen molar-refractivity contribution in [2.45, 2.75) is 163 Å². The number of hydrogen-bond acceptors (Lipinski definition) is 22. The van der Waals surface area contributed by atoms with Crippen LogP contribution in [-0.2, 0) is 39.9 Å². The average molecular weight is 1310 g/mol. The van der Waals surface area contributed by atoms with Crippen molar-refractivity contribution in [3.63, 3.8) is 0 Å². The second-order valence-corrected chi connectivity index (χ2v) is 25.6. The van der Waals surface area contributed by atoms with Crippen LogP contribution in [0.1, 0.15) is 87.6 Å². The quantitative estimate of drug-likeness (QED) is 0.0406. The topological polar surface area (TPSA) is 427 Å². The third-order valence-corrected chi connectivity index (χ3v) is 18.6. The fraction of sp³-hybridized carbons (Fsp3) is 0.547. The molecule has 1 unspecified atom stereocenters. The molecule has 0 radical (unpaired) electrons. The second kappa shape index (κ2) is 31.9. The molecule has 29 heteroatoms. The van der Waals surface area contributed by atoms with E-state index in [4.69, 9.17) is 20.9 Å². The number of allylic oxidation sites excluding steroid dienone is 1. The van der Waals surface area contributed by atoms with Crippen LogP contribution in [0.5, 0.6) is 11.5 Å². The van der Waals surface area contributed by atoms with Gasteiger partial charge in [0.1, 0.15) is 46.3 Å². The molecule has 7 amide bonds. The number of hydrogen-bond donors (Lipinski definition) is 14. The number of anilines is 1. The van der Waals surface area contributed by atoms with E-state index in [1.165, 1.54) is 48.6 Å². The zero-order chi connectivity index (χ0) is 66.6. The molecule has 28 nitrogen and oxygen atoms in total. The minimum Gasteiger partial charge on any atom is -0.504 e. The lowest BCUT2D eigenvalue weighted by Crippen LogP contribution is -2.64. The number of phenols is 1. The number of benzene rings is 3. The molecule has 1 aromatic heterocycles. The van der Waals surface area contributed by atoms with Crippen molar-refractivity contribution in [3.8, 4) is 32.6 Å². The molecule has 0 bridgehead atoms. The number of aliphatic hydroxyl groups is 6. The second-order valence-electron chi connectivity index (χ2n) is 24.6. The molecule has 4 aliphatic heterocycles. The summed E-state index contributed by atoms with van der Waals surface area (Å²) in [7, 11) is 0. The molecule has 16 N–H and O–H groups in total. The minimum absolute atomic E-state index is 0.00485. The summed E-state index contributed by atoms with van der Waals surface area (Å²) in [6.07, 6.45) is -1.35. The molecule has 5 aliphatic rings. The molecule has 14 atom stereocenters. The van der Waals surface area contributed by atoms with E-state index < -0.39 is 152 Å². The van der Waals surface area contributed by atoms with Crippen molar-refractivity contribution in [1.29, 1.82) is 0 Å². The van der Waals surface area contributed by atoms with Crippen LogP contribution in [0.15, 0.2) is 78.9 Å². The average Bonchev–Trinajstić information content (AvgIpc) is 1.70. The molecule has 5 heterocycles. The van der Waals surface area contributed by atoms with Gasteiger partial charge in [0, 0.05) is 80.3 Å². The smallest absolute Gasteiger partial charge is 0.251 e. The van der Waals surface area contributed by atoms with Crippen molar-refractivity contribution in [1.82, 2.24) is 46.6 Å². The molecule has 4 aromatic rings. The maximum atomic E-state index is 14.7. The van der Waals surface area contributed by atoms with Gasteiger partial charge in [-0.2, -0.15) is 0 Å². The molecule has 4 saturated heterocycles. The maximum Gasteiger partial charge on any atom is 0.251 e. The standard InChI is InChI=1S/C64H86N12O16S/c1-34-32-76-54(55(34)83)60(88)67-31-41(78)29-45(68-56(84)37-10-12-38(13-11-37)61-72-73-62(93-61)39-14-16-40(17-15-39)74-24-20-44(21-25-74)92-43-7-4-3-5-8-43)57(85)69-51(35(2)77)63(89)75-33-42(79)30-46(75)58(86)70-52(59(87)71-53(64(76)90)48(81)19-23-66)49(82)27-36-9-18-47(80)50(28-36)91-26-6-22-65/h4,7,9-18,28,34-35,41-46,48-49,51-55,77-83H,3,5-6,8,19-27,29-33,65-66H2,1-2H3,(H,67,88)(H,68,84)(H,69,85)(H,70,86)(H,71,87)/t34-,35+,41+,42+,43?,45-,46-,48+,49+,51-,52-,53-,54-,55-/m0/s1. The number of aromatic nitrogens is 2. The third kappa shape index (κ3) is 17.4. The maximum absolute atomic E-state index is 14.7. The number of nitrogens with two attached hydrogens (primary N) is 2. The number of piperidine rings is 1. The van der Waals surface area contributed by atoms with Crippen LogP contribution >= 0.6 is 11.3 Å². The SMILES string of the molecule is C[C@@H](O)[C@@H]1NC(=O)[C@@H](NC(=O)c2ccc(-c3nnc(-c4ccc(N5CCC(OC6C=CCCC6)CC5)cc4)s3)cc2)C[C@@H](O)CNC(=O)[C@@H]2[C@@H](O)[C@@H](C)CN2C(=O)[C@H]([C@H](O)CCN)NC(=O)[C@H]([C@H](O)Cc2ccc(O)c(OCCCN)c2)NC(=O)[C@@H]2C[C@@H](O)CN2C1=O. The Kier molecular flexibility index (Phi) is 23.9. The molecule has 3 aromatic carbocycles. The van der Waals surface area contributed by atoms with Crippen LogP contribution in [-0.4, -0.2) is 235 Å². The summed E-state index contributed by atoms with van der Waals surface area (Å²) >= 11 is 1.34. The Hall–Kier alpha value is -7.71. The van der Waals surface area contributed by atoms with Gasteiger partial charge >= 0.3 is 0 Å². The first-order chi connectivity index (χ1) is 44.6. The van der Waals surface area contributed by atoms with E-state index in [1.54, 1.807) is 12.1 Å². The summed E-state index contributed by atoms with van der Waals surface area (Å²) < 4.78 is 12.0. The fourth-order valence-electron chi connectivity index (χ4n) is 12.4. The first kappa shape index (κ1) is 69.6. The Morgan fingerprint density at radius 1 is 0.763 bits per heavy atom. The van der Waals surface area contributed by atoms with Crippen molar-refractivity contribution >= 4 is 58.4 Å². The van der Waals surface area contributed by atoms with E-state index in [9.17, 15) is 69.3 Å². The highest BCUT2D eigenvalue weighted by Gasteiger charge is 2.50. The summed E-state index contributed by atoms with van der Waals surface area (Å²) in [6.45, 7) is 3.18. The van der Waals surface area contributed by atoms with Crippen LogP contribution in [0.2, 0.25) is 0 Å². The number of carbonyl (C=O) groups is 7. The summed E-state index contributed by atoms with van der Waals surface area (Å²) in [5, 5.41) is 102. The number of carbonyl (C=O) groups excluding carboxylic acids is 7. The predicted octanol–water partition coefficient (Wildman–Crippen LogP) is -1.30. The zero-order valence-corrected chi connectivity index (χ0v) is 52.8. The van der Waals surface area contributed by atoms with Crippen molar-refractivity contribution in [3.05, 3.63) is 90.0 Å². The number of fused-ring (bicyclic) bond motifs is 2. The van der Waals surface area contributed by atoms with Crippen LogP contribution in [0.25, 0.3) is 21.1 Å². The van der Waals surface area contributed by atoms with Crippen LogP contribution in [0, 0.1) is 5.92 Å². The van der Waals surface area contributed by atoms with Gasteiger partial charge < -0.3 is 98.0 Å². The number of aromatic hydroxyl groups is 1. The first-order valence-corrected chi connectivity index (χ1v) is 32.6. The fourth-order valence-corrected chi connectivity index (χ4v) is 13.2. The zero-order valence-electron chi connectivity index (χ0n) is 52.0. The molecule has 504 valence electrons. The number of nitrogens with one attached hydrogen (secondary N) is 5. The van der Waals surface area contributed by atoms with Gasteiger partial charge in [0.15, 0.2) is 11.5 Å². The van der Waals surface area contributed by atoms with E-state index in [2.05, 4.69) is 66.0 Å². The molecule has 93 heavy (non-hydrogen) atoms. The lowest BCUT2D eigenvalue weighted by atomic mass is 9.98. The lowest BCUT2D eigenvalue weighted by molar-refractivity contribution is -0.147.